The van der Waals surface area contributed by atoms with Crippen LogP contribution in [-0.4, -0.2) is 23.5 Å². The van der Waals surface area contributed by atoms with E-state index in [4.69, 9.17) is 4.74 Å². The van der Waals surface area contributed by atoms with E-state index in [0.717, 1.165) is 42.5 Å². The first-order valence-corrected chi connectivity index (χ1v) is 10.6. The normalized spacial score (nSPS) is 14.8. The number of hydrogen-bond donors (Lipinski definition) is 1. The van der Waals surface area contributed by atoms with Crippen LogP contribution in [0.15, 0.2) is 46.3 Å². The third kappa shape index (κ3) is 4.79. The maximum atomic E-state index is 12.6. The molecule has 1 aromatic carbocycles. The van der Waals surface area contributed by atoms with Gasteiger partial charge in [-0.25, -0.2) is 4.79 Å². The van der Waals surface area contributed by atoms with Crippen molar-refractivity contribution in [2.45, 2.75) is 46.0 Å². The Bertz CT molecular complexity index is 961. The third-order valence-electron chi connectivity index (χ3n) is 4.73. The van der Waals surface area contributed by atoms with E-state index in [1.54, 1.807) is 31.2 Å². The highest BCUT2D eigenvalue weighted by Crippen LogP contribution is 2.40. The average molecular weight is 413 g/mol. The van der Waals surface area contributed by atoms with Crippen molar-refractivity contribution >= 4 is 33.8 Å². The lowest BCUT2D eigenvalue weighted by molar-refractivity contribution is -0.113. The first-order chi connectivity index (χ1) is 14.0. The van der Waals surface area contributed by atoms with Gasteiger partial charge in [-0.1, -0.05) is 36.8 Å². The van der Waals surface area contributed by atoms with Crippen molar-refractivity contribution in [2.75, 3.05) is 6.61 Å². The molecule has 1 N–H and O–H groups in total. The van der Waals surface area contributed by atoms with Crippen LogP contribution in [0.4, 0.5) is 5.00 Å². The molecule has 1 heterocycles. The van der Waals surface area contributed by atoms with Gasteiger partial charge in [0.1, 0.15) is 5.56 Å². The Balaban J connectivity index is 2.04. The fourth-order valence-corrected chi connectivity index (χ4v) is 4.52. The van der Waals surface area contributed by atoms with E-state index in [2.05, 4.69) is 10.2 Å². The van der Waals surface area contributed by atoms with Gasteiger partial charge in [-0.3, -0.25) is 4.79 Å². The van der Waals surface area contributed by atoms with Crippen molar-refractivity contribution in [3.63, 3.8) is 0 Å². The van der Waals surface area contributed by atoms with Gasteiger partial charge in [0.15, 0.2) is 22.2 Å². The number of carbonyl (C=O) groups excluding carboxylic acids is 2. The van der Waals surface area contributed by atoms with Crippen LogP contribution in [0.2, 0.25) is 0 Å². The predicted molar refractivity (Wildman–Crippen MR) is 113 cm³/mol. The highest BCUT2D eigenvalue weighted by atomic mass is 32.1. The number of aliphatic hydroxyl groups excluding tert-OH is 1. The van der Waals surface area contributed by atoms with Gasteiger partial charge in [-0.2, -0.15) is 0 Å². The summed E-state index contributed by atoms with van der Waals surface area (Å²) in [5.41, 5.74) is 1.76. The zero-order valence-electron chi connectivity index (χ0n) is 16.6. The molecular weight excluding hydrogens is 388 g/mol. The molecule has 1 aromatic heterocycles. The smallest absolute Gasteiger partial charge is 0.341 e. The number of nitrogens with zero attached hydrogens (tertiary/aromatic N) is 2. The fraction of sp³-hybridized carbons (Fsp3) is 0.364. The molecule has 1 aliphatic rings. The quantitative estimate of drug-likeness (QED) is 0.214. The summed E-state index contributed by atoms with van der Waals surface area (Å²) < 4.78 is 5.24. The number of Topliss-reactive ketones (excluding diaryl/α,β-unsaturated/α-hetero) is 1. The molecule has 0 aliphatic heterocycles. The van der Waals surface area contributed by atoms with Crippen molar-refractivity contribution in [3.8, 4) is 0 Å². The van der Waals surface area contributed by atoms with Crippen LogP contribution < -0.4 is 0 Å². The molecule has 0 unspecified atom stereocenters. The van der Waals surface area contributed by atoms with Crippen molar-refractivity contribution < 1.29 is 19.4 Å². The van der Waals surface area contributed by atoms with Gasteiger partial charge in [0.2, 0.25) is 0 Å². The summed E-state index contributed by atoms with van der Waals surface area (Å²) >= 11 is 1.41. The molecule has 0 amide bonds. The molecule has 29 heavy (non-hydrogen) atoms. The molecule has 2 aromatic rings. The fourth-order valence-electron chi connectivity index (χ4n) is 3.33. The highest BCUT2D eigenvalue weighted by molar-refractivity contribution is 7.16. The number of hydrogen-bond acceptors (Lipinski definition) is 7. The van der Waals surface area contributed by atoms with Crippen LogP contribution in [0.3, 0.4) is 0 Å². The van der Waals surface area contributed by atoms with Crippen molar-refractivity contribution in [2.24, 2.45) is 10.2 Å². The first kappa shape index (κ1) is 20.9. The predicted octanol–water partition coefficient (Wildman–Crippen LogP) is 5.79. The number of azo groups is 1. The molecule has 0 atom stereocenters. The monoisotopic (exact) mass is 412 g/mol. The van der Waals surface area contributed by atoms with Crippen LogP contribution >= 0.6 is 11.3 Å². The number of fused-ring (bicyclic) bond motifs is 1. The van der Waals surface area contributed by atoms with Crippen LogP contribution in [0.1, 0.15) is 59.5 Å². The number of ether oxygens (including phenoxy) is 1. The molecule has 0 fully saturated rings. The minimum absolute atomic E-state index is 0.144. The van der Waals surface area contributed by atoms with Crippen molar-refractivity contribution in [1.82, 2.24) is 0 Å². The van der Waals surface area contributed by atoms with Gasteiger partial charge in [0.25, 0.3) is 0 Å². The number of ketones is 1. The Hall–Kier alpha value is -2.80. The number of rotatable bonds is 6. The van der Waals surface area contributed by atoms with Gasteiger partial charge in [0.05, 0.1) is 6.61 Å². The Morgan fingerprint density at radius 2 is 1.86 bits per heavy atom. The Kier molecular flexibility index (Phi) is 6.93. The van der Waals surface area contributed by atoms with Crippen LogP contribution in [-0.2, 0) is 22.4 Å². The Labute approximate surface area is 173 Å². The molecular formula is C22H24N2O4S. The van der Waals surface area contributed by atoms with Crippen LogP contribution in [0.5, 0.6) is 0 Å². The van der Waals surface area contributed by atoms with Crippen molar-refractivity contribution in [1.29, 1.82) is 0 Å². The van der Waals surface area contributed by atoms with E-state index in [0.29, 0.717) is 16.1 Å². The summed E-state index contributed by atoms with van der Waals surface area (Å²) in [6.07, 6.45) is 4.91. The van der Waals surface area contributed by atoms with Gasteiger partial charge >= 0.3 is 5.97 Å². The molecule has 1 aliphatic carbocycles. The summed E-state index contributed by atoms with van der Waals surface area (Å²) in [4.78, 5) is 25.8. The molecule has 0 radical (unpaired) electrons. The van der Waals surface area contributed by atoms with E-state index in [9.17, 15) is 14.7 Å². The molecule has 6 nitrogen and oxygen atoms in total. The Morgan fingerprint density at radius 3 is 2.55 bits per heavy atom. The minimum Gasteiger partial charge on any atom is -0.505 e. The first-order valence-electron chi connectivity index (χ1n) is 9.76. The van der Waals surface area contributed by atoms with E-state index in [1.165, 1.54) is 18.3 Å². The molecule has 3 rings (SSSR count). The van der Waals surface area contributed by atoms with Gasteiger partial charge in [-0.15, -0.1) is 21.6 Å². The van der Waals surface area contributed by atoms with Crippen LogP contribution in [0, 0.1) is 0 Å². The van der Waals surface area contributed by atoms with Gasteiger partial charge < -0.3 is 9.84 Å². The molecule has 0 bridgehead atoms. The molecule has 0 saturated carbocycles. The minimum atomic E-state index is -0.415. The Morgan fingerprint density at radius 1 is 1.14 bits per heavy atom. The number of benzene rings is 1. The highest BCUT2D eigenvalue weighted by Gasteiger charge is 2.26. The largest absolute Gasteiger partial charge is 0.505 e. The SMILES string of the molecule is CCOC(=O)c1c(N=N/C(C(C)=O)=C(/O)c2ccccc2)sc2c1CCCCC2. The molecule has 0 saturated heterocycles. The third-order valence-corrected chi connectivity index (χ3v) is 5.90. The topological polar surface area (TPSA) is 88.3 Å². The second kappa shape index (κ2) is 9.60. The molecule has 7 heteroatoms. The lowest BCUT2D eigenvalue weighted by Gasteiger charge is -2.05. The lowest BCUT2D eigenvalue weighted by Crippen LogP contribution is -2.07. The number of carbonyl (C=O) groups is 2. The summed E-state index contributed by atoms with van der Waals surface area (Å²) in [7, 11) is 0. The number of esters is 1. The van der Waals surface area contributed by atoms with E-state index >= 15 is 0 Å². The van der Waals surface area contributed by atoms with Crippen molar-refractivity contribution in [3.05, 3.63) is 57.6 Å². The summed E-state index contributed by atoms with van der Waals surface area (Å²) in [5, 5.41) is 19.2. The maximum absolute atomic E-state index is 12.6. The second-order valence-corrected chi connectivity index (χ2v) is 7.87. The average Bonchev–Trinajstić information content (AvgIpc) is 2.89. The van der Waals surface area contributed by atoms with E-state index in [-0.39, 0.29) is 18.1 Å². The number of aliphatic hydroxyl groups is 1. The zero-order valence-corrected chi connectivity index (χ0v) is 17.4. The number of allylic oxidation sites excluding steroid dienone is 1. The second-order valence-electron chi connectivity index (χ2n) is 6.78. The summed E-state index contributed by atoms with van der Waals surface area (Å²) in [6, 6.07) is 8.71. The standard InChI is InChI=1S/C22H24N2O4S/c1-3-28-22(27)18-16-12-8-5-9-13-17(16)29-21(18)24-23-19(14(2)25)20(26)15-10-6-4-7-11-15/h4,6-7,10-11,26H,3,5,8-9,12-13H2,1-2H3/b20-19+,24-23?. The summed E-state index contributed by atoms with van der Waals surface area (Å²) in [6.45, 7) is 3.36. The van der Waals surface area contributed by atoms with Gasteiger partial charge in [-0.05, 0) is 38.2 Å². The van der Waals surface area contributed by atoms with E-state index in [1.807, 2.05) is 6.07 Å². The molecule has 152 valence electrons. The zero-order chi connectivity index (χ0) is 20.8. The number of aryl methyl sites for hydroxylation is 1. The van der Waals surface area contributed by atoms with Crippen LogP contribution in [0.25, 0.3) is 5.76 Å². The maximum Gasteiger partial charge on any atom is 0.341 e. The van der Waals surface area contributed by atoms with Gasteiger partial charge in [0, 0.05) is 17.4 Å². The number of thiophene rings is 1. The van der Waals surface area contributed by atoms with E-state index < -0.39 is 11.8 Å². The molecule has 0 spiro atoms. The summed E-state index contributed by atoms with van der Waals surface area (Å²) in [5.74, 6) is -1.06. The lowest BCUT2D eigenvalue weighted by atomic mass is 10.1.